The lowest BCUT2D eigenvalue weighted by molar-refractivity contribution is 0.691. The van der Waals surface area contributed by atoms with E-state index in [0.29, 0.717) is 0 Å². The third kappa shape index (κ3) is 2.70. The molecule has 0 amide bonds. The molecule has 15 heavy (non-hydrogen) atoms. The van der Waals surface area contributed by atoms with Crippen LogP contribution in [0.5, 0.6) is 0 Å². The lowest BCUT2D eigenvalue weighted by Gasteiger charge is -2.02. The lowest BCUT2D eigenvalue weighted by atomic mass is 10.2. The van der Waals surface area contributed by atoms with Crippen LogP contribution in [-0.4, -0.2) is 4.57 Å². The molecule has 2 nitrogen and oxygen atoms in total. The molecule has 2 aromatic rings. The van der Waals surface area contributed by atoms with E-state index in [1.165, 1.54) is 16.7 Å². The van der Waals surface area contributed by atoms with Crippen molar-refractivity contribution in [2.45, 2.75) is 20.0 Å². The zero-order valence-electron chi connectivity index (χ0n) is 9.16. The average Bonchev–Trinajstić information content (AvgIpc) is 2.77. The van der Waals surface area contributed by atoms with Crippen LogP contribution >= 0.6 is 11.3 Å². The van der Waals surface area contributed by atoms with Crippen molar-refractivity contribution in [2.24, 2.45) is 7.05 Å². The van der Waals surface area contributed by atoms with Crippen LogP contribution in [0.1, 0.15) is 16.7 Å². The highest BCUT2D eigenvalue weighted by Crippen LogP contribution is 2.13. The van der Waals surface area contributed by atoms with Crippen LogP contribution in [0.2, 0.25) is 0 Å². The molecule has 0 fully saturated rings. The molecule has 2 aromatic heterocycles. The second-order valence-electron chi connectivity index (χ2n) is 3.87. The summed E-state index contributed by atoms with van der Waals surface area (Å²) in [5, 5.41) is 7.86. The number of thiophene rings is 1. The predicted octanol–water partition coefficient (Wildman–Crippen LogP) is 2.68. The summed E-state index contributed by atoms with van der Waals surface area (Å²) in [7, 11) is 2.05. The molecular weight excluding hydrogens is 204 g/mol. The monoisotopic (exact) mass is 220 g/mol. The molecule has 0 bridgehead atoms. The van der Waals surface area contributed by atoms with Gasteiger partial charge in [-0.05, 0) is 40.4 Å². The molecule has 80 valence electrons. The molecule has 1 N–H and O–H groups in total. The maximum Gasteiger partial charge on any atom is 0.0223 e. The molecule has 2 rings (SSSR count). The van der Waals surface area contributed by atoms with Crippen molar-refractivity contribution in [1.82, 2.24) is 9.88 Å². The van der Waals surface area contributed by atoms with Gasteiger partial charge in [0.15, 0.2) is 0 Å². The Morgan fingerprint density at radius 2 is 2.20 bits per heavy atom. The smallest absolute Gasteiger partial charge is 0.0223 e. The van der Waals surface area contributed by atoms with Gasteiger partial charge in [-0.1, -0.05) is 0 Å². The van der Waals surface area contributed by atoms with Crippen molar-refractivity contribution in [1.29, 1.82) is 0 Å². The molecule has 2 heterocycles. The van der Waals surface area contributed by atoms with Gasteiger partial charge in [0, 0.05) is 32.5 Å². The minimum absolute atomic E-state index is 0.941. The SMILES string of the molecule is Cc1cscc1CNCc1ccn(C)c1. The van der Waals surface area contributed by atoms with Gasteiger partial charge in [0.25, 0.3) is 0 Å². The highest BCUT2D eigenvalue weighted by atomic mass is 32.1. The molecule has 0 atom stereocenters. The zero-order chi connectivity index (χ0) is 10.7. The van der Waals surface area contributed by atoms with Crippen molar-refractivity contribution >= 4 is 11.3 Å². The van der Waals surface area contributed by atoms with Crippen LogP contribution in [0, 0.1) is 6.92 Å². The third-order valence-corrected chi connectivity index (χ3v) is 3.41. The van der Waals surface area contributed by atoms with Gasteiger partial charge in [0.1, 0.15) is 0 Å². The van der Waals surface area contributed by atoms with Gasteiger partial charge in [-0.3, -0.25) is 0 Å². The molecule has 0 unspecified atom stereocenters. The summed E-state index contributed by atoms with van der Waals surface area (Å²) in [6.07, 6.45) is 4.22. The van der Waals surface area contributed by atoms with E-state index >= 15 is 0 Å². The standard InChI is InChI=1S/C12H16N2S/c1-10-8-15-9-12(10)6-13-5-11-3-4-14(2)7-11/h3-4,7-9,13H,5-6H2,1-2H3. The van der Waals surface area contributed by atoms with Crippen LogP contribution < -0.4 is 5.32 Å². The second kappa shape index (κ2) is 4.64. The maximum atomic E-state index is 3.45. The zero-order valence-corrected chi connectivity index (χ0v) is 9.97. The van der Waals surface area contributed by atoms with E-state index in [-0.39, 0.29) is 0 Å². The number of aryl methyl sites for hydroxylation is 2. The molecule has 0 radical (unpaired) electrons. The minimum Gasteiger partial charge on any atom is -0.357 e. The fourth-order valence-electron chi connectivity index (χ4n) is 1.57. The Balaban J connectivity index is 1.83. The van der Waals surface area contributed by atoms with Gasteiger partial charge in [0.05, 0.1) is 0 Å². The van der Waals surface area contributed by atoms with Crippen LogP contribution in [0.4, 0.5) is 0 Å². The van der Waals surface area contributed by atoms with Gasteiger partial charge in [-0.2, -0.15) is 11.3 Å². The first-order chi connectivity index (χ1) is 7.25. The van der Waals surface area contributed by atoms with Crippen LogP contribution in [0.25, 0.3) is 0 Å². The van der Waals surface area contributed by atoms with Crippen molar-refractivity contribution < 1.29 is 0 Å². The summed E-state index contributed by atoms with van der Waals surface area (Å²) in [6, 6.07) is 2.15. The molecule has 0 aliphatic carbocycles. The first-order valence-corrected chi connectivity index (χ1v) is 6.03. The van der Waals surface area contributed by atoms with Gasteiger partial charge in [-0.25, -0.2) is 0 Å². The van der Waals surface area contributed by atoms with Crippen molar-refractivity contribution in [2.75, 3.05) is 0 Å². The Hall–Kier alpha value is -1.06. The van der Waals surface area contributed by atoms with Gasteiger partial charge in [-0.15, -0.1) is 0 Å². The summed E-state index contributed by atoms with van der Waals surface area (Å²) in [5.74, 6) is 0. The topological polar surface area (TPSA) is 17.0 Å². The summed E-state index contributed by atoms with van der Waals surface area (Å²) in [6.45, 7) is 4.07. The highest BCUT2D eigenvalue weighted by Gasteiger charge is 1.99. The molecule has 0 aliphatic rings. The molecule has 0 saturated heterocycles. The fourth-order valence-corrected chi connectivity index (χ4v) is 2.43. The summed E-state index contributed by atoms with van der Waals surface area (Å²) in [4.78, 5) is 0. The van der Waals surface area contributed by atoms with E-state index < -0.39 is 0 Å². The van der Waals surface area contributed by atoms with Crippen molar-refractivity contribution in [3.05, 3.63) is 45.9 Å². The van der Waals surface area contributed by atoms with E-state index in [0.717, 1.165) is 13.1 Å². The highest BCUT2D eigenvalue weighted by molar-refractivity contribution is 7.08. The molecule has 0 spiro atoms. The van der Waals surface area contributed by atoms with Crippen molar-refractivity contribution in [3.63, 3.8) is 0 Å². The number of rotatable bonds is 4. The first kappa shape index (κ1) is 10.5. The molecular formula is C12H16N2S. The van der Waals surface area contributed by atoms with Crippen LogP contribution in [-0.2, 0) is 20.1 Å². The maximum absolute atomic E-state index is 3.45. The lowest BCUT2D eigenvalue weighted by Crippen LogP contribution is -2.12. The second-order valence-corrected chi connectivity index (χ2v) is 4.61. The first-order valence-electron chi connectivity index (χ1n) is 5.09. The van der Waals surface area contributed by atoms with E-state index in [4.69, 9.17) is 0 Å². The normalized spacial score (nSPS) is 10.8. The molecule has 0 aromatic carbocycles. The number of nitrogens with one attached hydrogen (secondary N) is 1. The van der Waals surface area contributed by atoms with Crippen LogP contribution in [0.3, 0.4) is 0 Å². The Kier molecular flexibility index (Phi) is 3.23. The molecule has 0 aliphatic heterocycles. The number of aromatic nitrogens is 1. The molecule has 0 saturated carbocycles. The Morgan fingerprint density at radius 1 is 1.33 bits per heavy atom. The number of hydrogen-bond donors (Lipinski definition) is 1. The Morgan fingerprint density at radius 3 is 2.80 bits per heavy atom. The molecule has 3 heteroatoms. The number of hydrogen-bond acceptors (Lipinski definition) is 2. The van der Waals surface area contributed by atoms with Crippen molar-refractivity contribution in [3.8, 4) is 0 Å². The summed E-state index contributed by atoms with van der Waals surface area (Å²) in [5.41, 5.74) is 4.14. The summed E-state index contributed by atoms with van der Waals surface area (Å²) >= 11 is 1.77. The van der Waals surface area contributed by atoms with E-state index in [9.17, 15) is 0 Å². The largest absolute Gasteiger partial charge is 0.357 e. The van der Waals surface area contributed by atoms with Gasteiger partial charge in [0.2, 0.25) is 0 Å². The van der Waals surface area contributed by atoms with E-state index in [1.54, 1.807) is 11.3 Å². The summed E-state index contributed by atoms with van der Waals surface area (Å²) < 4.78 is 2.08. The van der Waals surface area contributed by atoms with Gasteiger partial charge < -0.3 is 9.88 Å². The number of nitrogens with zero attached hydrogens (tertiary/aromatic N) is 1. The fraction of sp³-hybridized carbons (Fsp3) is 0.333. The Labute approximate surface area is 94.6 Å². The Bertz CT molecular complexity index is 428. The predicted molar refractivity (Wildman–Crippen MR) is 65.0 cm³/mol. The quantitative estimate of drug-likeness (QED) is 0.838. The van der Waals surface area contributed by atoms with E-state index in [2.05, 4.69) is 46.0 Å². The third-order valence-electron chi connectivity index (χ3n) is 2.50. The van der Waals surface area contributed by atoms with E-state index in [1.807, 2.05) is 7.05 Å². The minimum atomic E-state index is 0.941. The van der Waals surface area contributed by atoms with Crippen LogP contribution in [0.15, 0.2) is 29.2 Å². The average molecular weight is 220 g/mol. The van der Waals surface area contributed by atoms with Gasteiger partial charge >= 0.3 is 0 Å².